The molecule has 0 heterocycles. The molecule has 0 aromatic heterocycles. The van der Waals surface area contributed by atoms with E-state index in [0.29, 0.717) is 0 Å². The fraction of sp³-hybridized carbons (Fsp3) is 0.909. The molecule has 0 amide bonds. The third-order valence-electron chi connectivity index (χ3n) is 2.22. The smallest absolute Gasteiger partial charge is 0.0670 e. The van der Waals surface area contributed by atoms with Gasteiger partial charge in [0.25, 0.3) is 0 Å². The molecule has 0 aromatic rings. The normalized spacial score (nSPS) is 12.4. The molecule has 0 rings (SSSR count). The Kier molecular flexibility index (Phi) is 9.13. The summed E-state index contributed by atoms with van der Waals surface area (Å²) < 4.78 is 0. The number of hydrogen-bond acceptors (Lipinski definition) is 2. The lowest BCUT2D eigenvalue weighted by Crippen LogP contribution is -2.04. The Balaban J connectivity index is 3.03. The maximum absolute atomic E-state index is 9.23. The minimum absolute atomic E-state index is 0.287. The van der Waals surface area contributed by atoms with Gasteiger partial charge < -0.3 is 5.11 Å². The van der Waals surface area contributed by atoms with E-state index >= 15 is 0 Å². The van der Waals surface area contributed by atoms with Crippen molar-refractivity contribution >= 4 is 0 Å². The van der Waals surface area contributed by atoms with Crippen LogP contribution in [0.1, 0.15) is 58.3 Å². The van der Waals surface area contributed by atoms with Crippen molar-refractivity contribution in [3.8, 4) is 6.07 Å². The number of aliphatic hydroxyl groups excluding tert-OH is 1. The van der Waals surface area contributed by atoms with E-state index in [1.165, 1.54) is 32.1 Å². The van der Waals surface area contributed by atoms with Crippen molar-refractivity contribution in [2.45, 2.75) is 64.4 Å². The van der Waals surface area contributed by atoms with Crippen LogP contribution < -0.4 is 0 Å². The van der Waals surface area contributed by atoms with Gasteiger partial charge >= 0.3 is 0 Å². The summed E-state index contributed by atoms with van der Waals surface area (Å²) in [6.07, 6.45) is 8.12. The molecule has 76 valence electrons. The SMILES string of the molecule is CCCCCCCCC(O)CC#N. The van der Waals surface area contributed by atoms with E-state index in [0.717, 1.165) is 12.8 Å². The molecule has 0 aliphatic carbocycles. The second kappa shape index (κ2) is 9.54. The van der Waals surface area contributed by atoms with E-state index in [1.807, 2.05) is 6.07 Å². The van der Waals surface area contributed by atoms with Gasteiger partial charge in [-0.05, 0) is 6.42 Å². The lowest BCUT2D eigenvalue weighted by Gasteiger charge is -2.05. The van der Waals surface area contributed by atoms with Crippen molar-refractivity contribution < 1.29 is 5.11 Å². The molecule has 2 heteroatoms. The highest BCUT2D eigenvalue weighted by molar-refractivity contribution is 4.74. The van der Waals surface area contributed by atoms with Crippen molar-refractivity contribution in [1.29, 1.82) is 5.26 Å². The summed E-state index contributed by atoms with van der Waals surface area (Å²) in [6, 6.07) is 1.98. The molecule has 1 N–H and O–H groups in total. The molecule has 13 heavy (non-hydrogen) atoms. The maximum atomic E-state index is 9.23. The van der Waals surface area contributed by atoms with Crippen LogP contribution in [0.2, 0.25) is 0 Å². The highest BCUT2D eigenvalue weighted by Gasteiger charge is 2.01. The Hall–Kier alpha value is -0.550. The van der Waals surface area contributed by atoms with Gasteiger partial charge in [0.2, 0.25) is 0 Å². The first-order valence-electron chi connectivity index (χ1n) is 5.36. The van der Waals surface area contributed by atoms with Crippen LogP contribution >= 0.6 is 0 Å². The van der Waals surface area contributed by atoms with Gasteiger partial charge in [-0.15, -0.1) is 0 Å². The van der Waals surface area contributed by atoms with E-state index in [2.05, 4.69) is 6.92 Å². The number of nitrogens with zero attached hydrogens (tertiary/aromatic N) is 1. The quantitative estimate of drug-likeness (QED) is 0.588. The van der Waals surface area contributed by atoms with Crippen LogP contribution in [0, 0.1) is 11.3 Å². The van der Waals surface area contributed by atoms with Gasteiger partial charge in [-0.25, -0.2) is 0 Å². The lowest BCUT2D eigenvalue weighted by atomic mass is 10.1. The van der Waals surface area contributed by atoms with Crippen LogP contribution in [-0.2, 0) is 0 Å². The summed E-state index contributed by atoms with van der Waals surface area (Å²) >= 11 is 0. The summed E-state index contributed by atoms with van der Waals surface area (Å²) in [6.45, 7) is 2.21. The van der Waals surface area contributed by atoms with Gasteiger partial charge in [-0.3, -0.25) is 0 Å². The molecule has 0 radical (unpaired) electrons. The van der Waals surface area contributed by atoms with Crippen LogP contribution in [0.5, 0.6) is 0 Å². The van der Waals surface area contributed by atoms with E-state index < -0.39 is 6.10 Å². The monoisotopic (exact) mass is 183 g/mol. The largest absolute Gasteiger partial charge is 0.392 e. The second-order valence-corrected chi connectivity index (χ2v) is 3.57. The van der Waals surface area contributed by atoms with Gasteiger partial charge in [-0.1, -0.05) is 45.4 Å². The third-order valence-corrected chi connectivity index (χ3v) is 2.22. The standard InChI is InChI=1S/C11H21NO/c1-2-3-4-5-6-7-8-11(13)9-10-12/h11,13H,2-9H2,1H3. The van der Waals surface area contributed by atoms with Crippen molar-refractivity contribution in [3.05, 3.63) is 0 Å². The predicted octanol–water partition coefficient (Wildman–Crippen LogP) is 3.01. The van der Waals surface area contributed by atoms with Crippen molar-refractivity contribution in [3.63, 3.8) is 0 Å². The summed E-state index contributed by atoms with van der Waals surface area (Å²) in [4.78, 5) is 0. The molecule has 2 nitrogen and oxygen atoms in total. The first kappa shape index (κ1) is 12.4. The van der Waals surface area contributed by atoms with Crippen LogP contribution in [-0.4, -0.2) is 11.2 Å². The Morgan fingerprint density at radius 2 is 1.77 bits per heavy atom. The van der Waals surface area contributed by atoms with Crippen LogP contribution in [0.4, 0.5) is 0 Å². The molecule has 1 unspecified atom stereocenters. The molecule has 0 spiro atoms. The molecule has 0 bridgehead atoms. The van der Waals surface area contributed by atoms with Crippen molar-refractivity contribution in [1.82, 2.24) is 0 Å². The molecule has 0 aromatic carbocycles. The molecule has 0 saturated heterocycles. The first-order chi connectivity index (χ1) is 6.31. The Bertz CT molecular complexity index is 140. The van der Waals surface area contributed by atoms with Crippen LogP contribution in [0.15, 0.2) is 0 Å². The zero-order valence-electron chi connectivity index (χ0n) is 8.63. The van der Waals surface area contributed by atoms with Crippen molar-refractivity contribution in [2.75, 3.05) is 0 Å². The second-order valence-electron chi connectivity index (χ2n) is 3.57. The molecular weight excluding hydrogens is 162 g/mol. The van der Waals surface area contributed by atoms with E-state index in [1.54, 1.807) is 0 Å². The van der Waals surface area contributed by atoms with Gasteiger partial charge in [-0.2, -0.15) is 5.26 Å². The summed E-state index contributed by atoms with van der Waals surface area (Å²) in [5, 5.41) is 17.5. The van der Waals surface area contributed by atoms with Crippen molar-refractivity contribution in [2.24, 2.45) is 0 Å². The number of hydrogen-bond donors (Lipinski definition) is 1. The lowest BCUT2D eigenvalue weighted by molar-refractivity contribution is 0.165. The van der Waals surface area contributed by atoms with Gasteiger partial charge in [0, 0.05) is 0 Å². The fourth-order valence-corrected chi connectivity index (χ4v) is 1.37. The van der Waals surface area contributed by atoms with Gasteiger partial charge in [0.15, 0.2) is 0 Å². The topological polar surface area (TPSA) is 44.0 Å². The van der Waals surface area contributed by atoms with E-state index in [4.69, 9.17) is 5.26 Å². The Morgan fingerprint density at radius 3 is 2.38 bits per heavy atom. The molecule has 0 aliphatic rings. The number of unbranched alkanes of at least 4 members (excludes halogenated alkanes) is 5. The molecule has 1 atom stereocenters. The van der Waals surface area contributed by atoms with Crippen LogP contribution in [0.25, 0.3) is 0 Å². The summed E-state index contributed by atoms with van der Waals surface area (Å²) in [5.74, 6) is 0. The zero-order valence-corrected chi connectivity index (χ0v) is 8.63. The van der Waals surface area contributed by atoms with Gasteiger partial charge in [0.1, 0.15) is 0 Å². The predicted molar refractivity (Wildman–Crippen MR) is 54.2 cm³/mol. The first-order valence-corrected chi connectivity index (χ1v) is 5.36. The number of aliphatic hydroxyl groups is 1. The van der Waals surface area contributed by atoms with Crippen LogP contribution in [0.3, 0.4) is 0 Å². The minimum atomic E-state index is -0.392. The highest BCUT2D eigenvalue weighted by atomic mass is 16.3. The Morgan fingerprint density at radius 1 is 1.15 bits per heavy atom. The van der Waals surface area contributed by atoms with Gasteiger partial charge in [0.05, 0.1) is 18.6 Å². The summed E-state index contributed by atoms with van der Waals surface area (Å²) in [5.41, 5.74) is 0. The zero-order chi connectivity index (χ0) is 9.94. The number of rotatable bonds is 8. The highest BCUT2D eigenvalue weighted by Crippen LogP contribution is 2.09. The average molecular weight is 183 g/mol. The minimum Gasteiger partial charge on any atom is -0.392 e. The molecule has 0 saturated carbocycles. The third kappa shape index (κ3) is 9.36. The molecule has 0 aliphatic heterocycles. The van der Waals surface area contributed by atoms with E-state index in [-0.39, 0.29) is 6.42 Å². The average Bonchev–Trinajstić information content (AvgIpc) is 2.11. The summed E-state index contributed by atoms with van der Waals surface area (Å²) in [7, 11) is 0. The van der Waals surface area contributed by atoms with E-state index in [9.17, 15) is 5.11 Å². The fourth-order valence-electron chi connectivity index (χ4n) is 1.37. The maximum Gasteiger partial charge on any atom is 0.0670 e. The number of nitriles is 1. The Labute approximate surface area is 81.6 Å². The molecular formula is C11H21NO. The molecule has 0 fully saturated rings.